The summed E-state index contributed by atoms with van der Waals surface area (Å²) in [6.07, 6.45) is -0.773. The molecule has 0 unspecified atom stereocenters. The van der Waals surface area contributed by atoms with Gasteiger partial charge in [0.15, 0.2) is 0 Å². The van der Waals surface area contributed by atoms with E-state index in [4.69, 9.17) is 4.74 Å². The first-order valence-electron chi connectivity index (χ1n) is 9.67. The summed E-state index contributed by atoms with van der Waals surface area (Å²) in [4.78, 5) is 12.0. The predicted molar refractivity (Wildman–Crippen MR) is 117 cm³/mol. The highest BCUT2D eigenvalue weighted by Crippen LogP contribution is 2.34. The van der Waals surface area contributed by atoms with E-state index in [0.717, 1.165) is 12.1 Å². The highest BCUT2D eigenvalue weighted by atomic mass is 32.2. The summed E-state index contributed by atoms with van der Waals surface area (Å²) >= 11 is 0. The molecule has 0 aliphatic carbocycles. The molecule has 0 heterocycles. The smallest absolute Gasteiger partial charge is 0.406 e. The molecule has 0 radical (unpaired) electrons. The molecule has 32 heavy (non-hydrogen) atoms. The molecule has 0 saturated heterocycles. The van der Waals surface area contributed by atoms with E-state index in [2.05, 4.69) is 11.8 Å². The largest absolute Gasteiger partial charge is 0.497 e. The highest BCUT2D eigenvalue weighted by Gasteiger charge is 2.53. The van der Waals surface area contributed by atoms with Crippen molar-refractivity contribution in [2.75, 3.05) is 7.11 Å². The Bertz CT molecular complexity index is 1230. The van der Waals surface area contributed by atoms with Gasteiger partial charge in [-0.1, -0.05) is 60.4 Å². The van der Waals surface area contributed by atoms with Gasteiger partial charge in [-0.15, -0.1) is 0 Å². The molecule has 3 aromatic carbocycles. The van der Waals surface area contributed by atoms with Crippen LogP contribution >= 0.6 is 0 Å². The number of ether oxygens (including phenoxy) is 1. The zero-order chi connectivity index (χ0) is 23.2. The fourth-order valence-corrected chi connectivity index (χ4v) is 4.18. The number of hydrogen-bond donors (Lipinski definition) is 0. The van der Waals surface area contributed by atoms with Gasteiger partial charge in [0.1, 0.15) is 5.75 Å². The molecule has 0 N–H and O–H groups in total. The third-order valence-corrected chi connectivity index (χ3v) is 6.58. The number of carbonyl (C=O) groups excluding carboxylic acids is 1. The van der Waals surface area contributed by atoms with Crippen LogP contribution in [-0.2, 0) is 14.6 Å². The van der Waals surface area contributed by atoms with Crippen molar-refractivity contribution >= 4 is 15.6 Å². The molecule has 3 aromatic rings. The Morgan fingerprint density at radius 1 is 0.938 bits per heavy atom. The Morgan fingerprint density at radius 2 is 1.50 bits per heavy atom. The average molecular weight is 454 g/mol. The summed E-state index contributed by atoms with van der Waals surface area (Å²) in [6.45, 7) is 0. The summed E-state index contributed by atoms with van der Waals surface area (Å²) in [5.74, 6) is 3.61. The number of halogens is 2. The number of sulfone groups is 1. The van der Waals surface area contributed by atoms with Crippen molar-refractivity contribution in [2.24, 2.45) is 0 Å². The van der Waals surface area contributed by atoms with Crippen LogP contribution in [0.2, 0.25) is 0 Å². The minimum Gasteiger partial charge on any atom is -0.497 e. The van der Waals surface area contributed by atoms with Crippen molar-refractivity contribution in [2.45, 2.75) is 22.5 Å². The molecule has 0 aliphatic heterocycles. The summed E-state index contributed by atoms with van der Waals surface area (Å²) in [7, 11) is -3.71. The molecule has 0 spiro atoms. The van der Waals surface area contributed by atoms with E-state index in [1.54, 1.807) is 48.5 Å². The lowest BCUT2D eigenvalue weighted by molar-refractivity contribution is -0.133. The first-order valence-corrected chi connectivity index (χ1v) is 11.2. The van der Waals surface area contributed by atoms with Crippen molar-refractivity contribution < 1.29 is 26.7 Å². The molecule has 0 fully saturated rings. The number of carbonyl (C=O) groups is 1. The van der Waals surface area contributed by atoms with Crippen molar-refractivity contribution in [1.29, 1.82) is 0 Å². The van der Waals surface area contributed by atoms with E-state index < -0.39 is 38.1 Å². The Kier molecular flexibility index (Phi) is 7.06. The van der Waals surface area contributed by atoms with Gasteiger partial charge in [-0.2, -0.15) is 8.78 Å². The Hall–Kier alpha value is -3.50. The fraction of sp³-hybridized carbons (Fsp3) is 0.160. The van der Waals surface area contributed by atoms with E-state index in [1.165, 1.54) is 25.3 Å². The predicted octanol–water partition coefficient (Wildman–Crippen LogP) is 4.86. The van der Waals surface area contributed by atoms with E-state index in [9.17, 15) is 22.0 Å². The quantitative estimate of drug-likeness (QED) is 0.479. The summed E-state index contributed by atoms with van der Waals surface area (Å²) in [5.41, 5.74) is 1.14. The number of alkyl halides is 2. The minimum atomic E-state index is -5.19. The normalized spacial score (nSPS) is 12.3. The second kappa shape index (κ2) is 9.75. The number of rotatable bonds is 7. The SMILES string of the molecule is COc1ccc([C@H](C#Cc2ccccc2)CC(=O)C(F)(F)S(=O)(=O)c2ccccc2)cc1. The summed E-state index contributed by atoms with van der Waals surface area (Å²) in [5, 5.41) is -4.59. The maximum atomic E-state index is 14.8. The standard InChI is InChI=1S/C25H20F2O4S/c1-31-22-16-14-20(15-17-22)21(13-12-19-8-4-2-5-9-19)18-24(28)25(26,27)32(29,30)23-10-6-3-7-11-23/h2-11,14-17,21H,18H2,1H3/t21-/m1/s1. The molecule has 3 rings (SSSR count). The van der Waals surface area contributed by atoms with Crippen LogP contribution in [0.4, 0.5) is 8.78 Å². The molecular formula is C25H20F2O4S. The van der Waals surface area contributed by atoms with Gasteiger partial charge >= 0.3 is 5.25 Å². The lowest BCUT2D eigenvalue weighted by atomic mass is 9.93. The molecule has 1 atom stereocenters. The maximum absolute atomic E-state index is 14.8. The molecule has 0 amide bonds. The van der Waals surface area contributed by atoms with Gasteiger partial charge < -0.3 is 4.74 Å². The molecular weight excluding hydrogens is 434 g/mol. The van der Waals surface area contributed by atoms with Crippen LogP contribution < -0.4 is 4.74 Å². The van der Waals surface area contributed by atoms with Gasteiger partial charge in [-0.25, -0.2) is 8.42 Å². The second-order valence-electron chi connectivity index (χ2n) is 6.92. The lowest BCUT2D eigenvalue weighted by Gasteiger charge is -2.18. The number of hydrogen-bond acceptors (Lipinski definition) is 4. The fourth-order valence-electron chi connectivity index (χ4n) is 2.98. The van der Waals surface area contributed by atoms with E-state index >= 15 is 0 Å². The number of Topliss-reactive ketones (excluding diaryl/α,β-unsaturated/α-hetero) is 1. The zero-order valence-electron chi connectivity index (χ0n) is 17.2. The van der Waals surface area contributed by atoms with E-state index in [0.29, 0.717) is 16.9 Å². The van der Waals surface area contributed by atoms with Crippen LogP contribution in [-0.4, -0.2) is 26.6 Å². The van der Waals surface area contributed by atoms with E-state index in [-0.39, 0.29) is 0 Å². The maximum Gasteiger partial charge on any atom is 0.406 e. The van der Waals surface area contributed by atoms with Gasteiger partial charge in [0, 0.05) is 12.0 Å². The van der Waals surface area contributed by atoms with Crippen molar-refractivity contribution in [3.63, 3.8) is 0 Å². The molecule has 0 aromatic heterocycles. The third-order valence-electron chi connectivity index (χ3n) is 4.79. The number of benzene rings is 3. The number of ketones is 1. The average Bonchev–Trinajstić information content (AvgIpc) is 2.82. The second-order valence-corrected chi connectivity index (χ2v) is 8.91. The monoisotopic (exact) mass is 454 g/mol. The van der Waals surface area contributed by atoms with Crippen LogP contribution in [0.15, 0.2) is 89.8 Å². The topological polar surface area (TPSA) is 60.4 Å². The van der Waals surface area contributed by atoms with E-state index in [1.807, 2.05) is 6.07 Å². The summed E-state index contributed by atoms with van der Waals surface area (Å²) in [6, 6.07) is 21.5. The Labute approximate surface area is 185 Å². The lowest BCUT2D eigenvalue weighted by Crippen LogP contribution is -2.38. The molecule has 0 bridgehead atoms. The molecule has 7 heteroatoms. The van der Waals surface area contributed by atoms with Gasteiger partial charge in [-0.3, -0.25) is 4.79 Å². The minimum absolute atomic E-state index is 0.496. The summed E-state index contributed by atoms with van der Waals surface area (Å²) < 4.78 is 59.7. The van der Waals surface area contributed by atoms with Gasteiger partial charge in [-0.05, 0) is 42.0 Å². The molecule has 0 saturated carbocycles. The first-order chi connectivity index (χ1) is 15.3. The Balaban J connectivity index is 1.94. The van der Waals surface area contributed by atoms with Gasteiger partial charge in [0.05, 0.1) is 17.9 Å². The van der Waals surface area contributed by atoms with Gasteiger partial charge in [0.25, 0.3) is 9.84 Å². The van der Waals surface area contributed by atoms with Crippen molar-refractivity contribution in [1.82, 2.24) is 0 Å². The van der Waals surface area contributed by atoms with Crippen LogP contribution in [0.25, 0.3) is 0 Å². The van der Waals surface area contributed by atoms with Crippen LogP contribution in [0.5, 0.6) is 5.75 Å². The van der Waals surface area contributed by atoms with Gasteiger partial charge in [0.2, 0.25) is 5.78 Å². The Morgan fingerprint density at radius 3 is 2.06 bits per heavy atom. The molecule has 4 nitrogen and oxygen atoms in total. The number of methoxy groups -OCH3 is 1. The molecule has 164 valence electrons. The van der Waals surface area contributed by atoms with Crippen molar-refractivity contribution in [3.05, 3.63) is 96.1 Å². The van der Waals surface area contributed by atoms with Crippen molar-refractivity contribution in [3.8, 4) is 17.6 Å². The van der Waals surface area contributed by atoms with Crippen LogP contribution in [0, 0.1) is 11.8 Å². The highest BCUT2D eigenvalue weighted by molar-refractivity contribution is 7.93. The van der Waals surface area contributed by atoms with Crippen LogP contribution in [0.3, 0.4) is 0 Å². The molecule has 0 aliphatic rings. The third kappa shape index (κ3) is 5.04. The first kappa shape index (κ1) is 23.2. The zero-order valence-corrected chi connectivity index (χ0v) is 18.0. The van der Waals surface area contributed by atoms with Crippen LogP contribution in [0.1, 0.15) is 23.5 Å².